The molecule has 0 aliphatic carbocycles. The van der Waals surface area contributed by atoms with Gasteiger partial charge in [0.2, 0.25) is 0 Å². The number of hydrogen-bond acceptors (Lipinski definition) is 3. The number of hydrogen-bond donors (Lipinski definition) is 1. The highest BCUT2D eigenvalue weighted by molar-refractivity contribution is 7.12. The van der Waals surface area contributed by atoms with Crippen LogP contribution < -0.4 is 10.1 Å². The van der Waals surface area contributed by atoms with Gasteiger partial charge in [-0.25, -0.2) is 0 Å². The van der Waals surface area contributed by atoms with E-state index in [1.54, 1.807) is 0 Å². The third-order valence-electron chi connectivity index (χ3n) is 3.21. The van der Waals surface area contributed by atoms with Gasteiger partial charge in [-0.15, -0.1) is 11.3 Å². The largest absolute Gasteiger partial charge is 0.489 e. The van der Waals surface area contributed by atoms with Gasteiger partial charge in [0.15, 0.2) is 0 Å². The van der Waals surface area contributed by atoms with E-state index < -0.39 is 0 Å². The van der Waals surface area contributed by atoms with Crippen LogP contribution >= 0.6 is 11.3 Å². The monoisotopic (exact) mass is 289 g/mol. The minimum absolute atomic E-state index is 0.652. The van der Waals surface area contributed by atoms with Crippen molar-refractivity contribution < 1.29 is 4.74 Å². The lowest BCUT2D eigenvalue weighted by Crippen LogP contribution is -2.12. The fraction of sp³-hybridized carbons (Fsp3) is 0.412. The maximum atomic E-state index is 5.85. The Morgan fingerprint density at radius 1 is 1.15 bits per heavy atom. The summed E-state index contributed by atoms with van der Waals surface area (Å²) >= 11 is 1.86. The fourth-order valence-corrected chi connectivity index (χ4v) is 3.02. The molecule has 2 aromatic rings. The molecule has 108 valence electrons. The van der Waals surface area contributed by atoms with Gasteiger partial charge in [0.05, 0.1) is 0 Å². The zero-order valence-corrected chi connectivity index (χ0v) is 13.3. The second-order valence-electron chi connectivity index (χ2n) is 5.07. The lowest BCUT2D eigenvalue weighted by atomic mass is 10.2. The molecule has 0 bridgehead atoms. The van der Waals surface area contributed by atoms with E-state index in [0.717, 1.165) is 18.8 Å². The van der Waals surface area contributed by atoms with Crippen LogP contribution in [-0.4, -0.2) is 6.54 Å². The summed E-state index contributed by atoms with van der Waals surface area (Å²) in [6, 6.07) is 10.5. The quantitative estimate of drug-likeness (QED) is 0.761. The summed E-state index contributed by atoms with van der Waals surface area (Å²) in [4.78, 5) is 2.74. The molecule has 0 fully saturated rings. The van der Waals surface area contributed by atoms with Crippen LogP contribution in [0.3, 0.4) is 0 Å². The predicted molar refractivity (Wildman–Crippen MR) is 86.6 cm³/mol. The van der Waals surface area contributed by atoms with E-state index in [9.17, 15) is 0 Å². The lowest BCUT2D eigenvalue weighted by Gasteiger charge is -2.05. The highest BCUT2D eigenvalue weighted by atomic mass is 32.1. The van der Waals surface area contributed by atoms with Crippen LogP contribution in [0.5, 0.6) is 5.75 Å². The Morgan fingerprint density at radius 3 is 2.60 bits per heavy atom. The summed E-state index contributed by atoms with van der Waals surface area (Å²) < 4.78 is 5.85. The van der Waals surface area contributed by atoms with Crippen molar-refractivity contribution in [2.75, 3.05) is 6.54 Å². The molecule has 1 aromatic heterocycles. The molecular weight excluding hydrogens is 266 g/mol. The van der Waals surface area contributed by atoms with Crippen LogP contribution in [0.25, 0.3) is 0 Å². The molecule has 1 heterocycles. The van der Waals surface area contributed by atoms with Crippen LogP contribution in [0.15, 0.2) is 30.3 Å². The average molecular weight is 289 g/mol. The maximum absolute atomic E-state index is 5.85. The van der Waals surface area contributed by atoms with Gasteiger partial charge in [0.1, 0.15) is 12.4 Å². The second kappa shape index (κ2) is 7.46. The van der Waals surface area contributed by atoms with E-state index in [4.69, 9.17) is 4.74 Å². The molecule has 1 N–H and O–H groups in total. The number of thiophene rings is 1. The van der Waals surface area contributed by atoms with E-state index in [0.29, 0.717) is 6.61 Å². The molecule has 0 radical (unpaired) electrons. The van der Waals surface area contributed by atoms with Crippen molar-refractivity contribution in [2.45, 2.75) is 40.3 Å². The van der Waals surface area contributed by atoms with E-state index in [1.807, 2.05) is 23.5 Å². The van der Waals surface area contributed by atoms with Crippen molar-refractivity contribution in [1.82, 2.24) is 5.32 Å². The van der Waals surface area contributed by atoms with Gasteiger partial charge in [-0.1, -0.05) is 24.6 Å². The van der Waals surface area contributed by atoms with Gasteiger partial charge in [-0.2, -0.15) is 0 Å². The molecule has 0 saturated carbocycles. The maximum Gasteiger partial charge on any atom is 0.119 e. The first-order chi connectivity index (χ1) is 9.69. The second-order valence-corrected chi connectivity index (χ2v) is 6.41. The number of rotatable bonds is 7. The Morgan fingerprint density at radius 2 is 1.90 bits per heavy atom. The smallest absolute Gasteiger partial charge is 0.119 e. The lowest BCUT2D eigenvalue weighted by molar-refractivity contribution is 0.306. The number of ether oxygens (including phenoxy) is 1. The molecule has 20 heavy (non-hydrogen) atoms. The Bertz CT molecular complexity index is 530. The summed E-state index contributed by atoms with van der Waals surface area (Å²) in [5.41, 5.74) is 2.55. The van der Waals surface area contributed by atoms with Crippen molar-refractivity contribution in [1.29, 1.82) is 0 Å². The molecular formula is C17H23NOS. The van der Waals surface area contributed by atoms with Gasteiger partial charge in [-0.05, 0) is 45.0 Å². The SMILES string of the molecule is CCCNCc1cc(COc2ccc(C)cc2)c(C)s1. The van der Waals surface area contributed by atoms with E-state index in [2.05, 4.69) is 44.3 Å². The van der Waals surface area contributed by atoms with Crippen LogP contribution in [-0.2, 0) is 13.2 Å². The first-order valence-corrected chi connectivity index (χ1v) is 7.99. The molecule has 2 rings (SSSR count). The molecule has 0 unspecified atom stereocenters. The highest BCUT2D eigenvalue weighted by Gasteiger charge is 2.06. The van der Waals surface area contributed by atoms with E-state index in [-0.39, 0.29) is 0 Å². The summed E-state index contributed by atoms with van der Waals surface area (Å²) in [5, 5.41) is 3.44. The standard InChI is InChI=1S/C17H23NOS/c1-4-9-18-11-17-10-15(14(3)20-17)12-19-16-7-5-13(2)6-8-16/h5-8,10,18H,4,9,11-12H2,1-3H3. The van der Waals surface area contributed by atoms with Crippen molar-refractivity contribution in [3.63, 3.8) is 0 Å². The van der Waals surface area contributed by atoms with Crippen molar-refractivity contribution in [3.8, 4) is 5.75 Å². The average Bonchev–Trinajstić information content (AvgIpc) is 2.79. The Labute approximate surface area is 125 Å². The van der Waals surface area contributed by atoms with Crippen LogP contribution in [0.4, 0.5) is 0 Å². The molecule has 0 saturated heterocycles. The zero-order chi connectivity index (χ0) is 14.4. The molecule has 0 aliphatic heterocycles. The van der Waals surface area contributed by atoms with Gasteiger partial charge in [-0.3, -0.25) is 0 Å². The molecule has 0 spiro atoms. The summed E-state index contributed by atoms with van der Waals surface area (Å²) in [6.45, 7) is 9.13. The fourth-order valence-electron chi connectivity index (χ4n) is 2.00. The Kier molecular flexibility index (Phi) is 5.62. The highest BCUT2D eigenvalue weighted by Crippen LogP contribution is 2.23. The molecule has 2 nitrogen and oxygen atoms in total. The van der Waals surface area contributed by atoms with E-state index in [1.165, 1.54) is 27.3 Å². The number of benzene rings is 1. The summed E-state index contributed by atoms with van der Waals surface area (Å²) in [6.07, 6.45) is 1.17. The normalized spacial score (nSPS) is 10.8. The van der Waals surface area contributed by atoms with Gasteiger partial charge >= 0.3 is 0 Å². The first kappa shape index (κ1) is 15.1. The minimum atomic E-state index is 0.652. The minimum Gasteiger partial charge on any atom is -0.489 e. The molecule has 3 heteroatoms. The third kappa shape index (κ3) is 4.36. The predicted octanol–water partition coefficient (Wildman–Crippen LogP) is 4.44. The topological polar surface area (TPSA) is 21.3 Å². The van der Waals surface area contributed by atoms with Crippen molar-refractivity contribution in [2.24, 2.45) is 0 Å². The van der Waals surface area contributed by atoms with Crippen molar-refractivity contribution in [3.05, 3.63) is 51.2 Å². The van der Waals surface area contributed by atoms with Crippen LogP contribution in [0, 0.1) is 13.8 Å². The Balaban J connectivity index is 1.90. The van der Waals surface area contributed by atoms with Gasteiger partial charge < -0.3 is 10.1 Å². The molecule has 1 aromatic carbocycles. The molecule has 0 amide bonds. The molecule has 0 atom stereocenters. The number of aryl methyl sites for hydroxylation is 2. The van der Waals surface area contributed by atoms with E-state index >= 15 is 0 Å². The van der Waals surface area contributed by atoms with Crippen LogP contribution in [0.2, 0.25) is 0 Å². The number of nitrogens with one attached hydrogen (secondary N) is 1. The van der Waals surface area contributed by atoms with Gasteiger partial charge in [0.25, 0.3) is 0 Å². The first-order valence-electron chi connectivity index (χ1n) is 7.17. The third-order valence-corrected chi connectivity index (χ3v) is 4.31. The van der Waals surface area contributed by atoms with Gasteiger partial charge in [0, 0.05) is 21.9 Å². The van der Waals surface area contributed by atoms with Crippen molar-refractivity contribution >= 4 is 11.3 Å². The summed E-state index contributed by atoms with van der Waals surface area (Å²) in [5.74, 6) is 0.937. The van der Waals surface area contributed by atoms with Crippen LogP contribution in [0.1, 0.15) is 34.2 Å². The summed E-state index contributed by atoms with van der Waals surface area (Å²) in [7, 11) is 0. The zero-order valence-electron chi connectivity index (χ0n) is 12.5. The Hall–Kier alpha value is -1.32. The molecule has 0 aliphatic rings.